The lowest BCUT2D eigenvalue weighted by Crippen LogP contribution is -2.24. The van der Waals surface area contributed by atoms with E-state index in [0.29, 0.717) is 13.1 Å². The highest BCUT2D eigenvalue weighted by molar-refractivity contribution is 5.92. The van der Waals surface area contributed by atoms with E-state index in [-0.39, 0.29) is 5.91 Å². The van der Waals surface area contributed by atoms with Crippen LogP contribution >= 0.6 is 0 Å². The molecule has 2 aromatic heterocycles. The van der Waals surface area contributed by atoms with Gasteiger partial charge in [-0.2, -0.15) is 5.10 Å². The summed E-state index contributed by atoms with van der Waals surface area (Å²) in [6.07, 6.45) is 7.55. The summed E-state index contributed by atoms with van der Waals surface area (Å²) in [6, 6.07) is 20.3. The minimum absolute atomic E-state index is 0.00182. The van der Waals surface area contributed by atoms with Crippen molar-refractivity contribution < 1.29 is 4.79 Å². The number of benzene rings is 2. The number of aryl methyl sites for hydroxylation is 2. The molecule has 0 aliphatic carbocycles. The van der Waals surface area contributed by atoms with Gasteiger partial charge in [0.25, 0.3) is 0 Å². The molecule has 0 bridgehead atoms. The Morgan fingerprint density at radius 2 is 1.71 bits per heavy atom. The molecule has 5 heteroatoms. The van der Waals surface area contributed by atoms with Crippen LogP contribution in [0.3, 0.4) is 0 Å². The van der Waals surface area contributed by atoms with Gasteiger partial charge in [-0.3, -0.25) is 4.79 Å². The molecule has 5 rings (SSSR count). The first-order valence-electron chi connectivity index (χ1n) is 10.4. The van der Waals surface area contributed by atoms with Gasteiger partial charge in [0, 0.05) is 24.0 Å². The molecule has 31 heavy (non-hydrogen) atoms. The van der Waals surface area contributed by atoms with Crippen molar-refractivity contribution in [2.24, 2.45) is 0 Å². The maximum absolute atomic E-state index is 12.8. The fourth-order valence-electron chi connectivity index (χ4n) is 3.97. The Morgan fingerprint density at radius 1 is 0.935 bits per heavy atom. The minimum atomic E-state index is -0.00182. The van der Waals surface area contributed by atoms with Crippen LogP contribution in [0.2, 0.25) is 0 Å². The van der Waals surface area contributed by atoms with Gasteiger partial charge < -0.3 is 9.47 Å². The van der Waals surface area contributed by atoms with Gasteiger partial charge >= 0.3 is 0 Å². The van der Waals surface area contributed by atoms with Gasteiger partial charge in [0.05, 0.1) is 24.5 Å². The SMILES string of the molecule is Cc1ccc(-n2nc3c(c2-n2cccc2)CN(C(=O)C=Cc2ccccc2)C3)cc1C. The lowest BCUT2D eigenvalue weighted by Gasteiger charge is -2.16. The Balaban J connectivity index is 1.47. The molecule has 0 saturated carbocycles. The zero-order chi connectivity index (χ0) is 21.4. The maximum Gasteiger partial charge on any atom is 0.247 e. The molecule has 0 saturated heterocycles. The number of nitrogens with zero attached hydrogens (tertiary/aromatic N) is 4. The molecule has 154 valence electrons. The number of rotatable bonds is 4. The van der Waals surface area contributed by atoms with Crippen LogP contribution in [0, 0.1) is 13.8 Å². The summed E-state index contributed by atoms with van der Waals surface area (Å²) in [5.41, 5.74) is 6.57. The number of carbonyl (C=O) groups excluding carboxylic acids is 1. The van der Waals surface area contributed by atoms with Gasteiger partial charge in [-0.25, -0.2) is 4.68 Å². The van der Waals surface area contributed by atoms with Crippen molar-refractivity contribution in [1.29, 1.82) is 0 Å². The third-order valence-electron chi connectivity index (χ3n) is 5.84. The molecule has 0 radical (unpaired) electrons. The van der Waals surface area contributed by atoms with E-state index in [1.54, 1.807) is 6.08 Å². The highest BCUT2D eigenvalue weighted by Gasteiger charge is 2.30. The summed E-state index contributed by atoms with van der Waals surface area (Å²) >= 11 is 0. The first-order valence-corrected chi connectivity index (χ1v) is 10.4. The number of fused-ring (bicyclic) bond motifs is 1. The molecular weight excluding hydrogens is 384 g/mol. The second kappa shape index (κ2) is 7.76. The molecule has 0 fully saturated rings. The number of amides is 1. The van der Waals surface area contributed by atoms with E-state index in [9.17, 15) is 4.79 Å². The van der Waals surface area contributed by atoms with Crippen molar-refractivity contribution in [1.82, 2.24) is 19.2 Å². The predicted octanol–water partition coefficient (Wildman–Crippen LogP) is 4.84. The average molecular weight is 409 g/mol. The van der Waals surface area contributed by atoms with Crippen molar-refractivity contribution in [2.45, 2.75) is 26.9 Å². The number of hydrogen-bond donors (Lipinski definition) is 0. The van der Waals surface area contributed by atoms with Gasteiger partial charge in [-0.05, 0) is 60.9 Å². The van der Waals surface area contributed by atoms with Gasteiger partial charge in [0.2, 0.25) is 5.91 Å². The predicted molar refractivity (Wildman–Crippen MR) is 122 cm³/mol. The van der Waals surface area contributed by atoms with E-state index < -0.39 is 0 Å². The smallest absolute Gasteiger partial charge is 0.247 e. The first kappa shape index (κ1) is 19.1. The lowest BCUT2D eigenvalue weighted by molar-refractivity contribution is -0.126. The molecule has 4 aromatic rings. The number of hydrogen-bond acceptors (Lipinski definition) is 2. The van der Waals surface area contributed by atoms with E-state index >= 15 is 0 Å². The van der Waals surface area contributed by atoms with Gasteiger partial charge in [-0.15, -0.1) is 0 Å². The third kappa shape index (κ3) is 3.59. The fourth-order valence-corrected chi connectivity index (χ4v) is 3.97. The molecular formula is C26H24N4O. The topological polar surface area (TPSA) is 43.1 Å². The van der Waals surface area contributed by atoms with E-state index in [0.717, 1.165) is 28.3 Å². The van der Waals surface area contributed by atoms with E-state index in [4.69, 9.17) is 5.10 Å². The Kier molecular flexibility index (Phi) is 4.79. The molecule has 0 atom stereocenters. The largest absolute Gasteiger partial charge is 0.329 e. The monoisotopic (exact) mass is 408 g/mol. The Morgan fingerprint density at radius 3 is 2.45 bits per heavy atom. The average Bonchev–Trinajstić information content (AvgIpc) is 3.50. The molecule has 1 aliphatic heterocycles. The van der Waals surface area contributed by atoms with Gasteiger partial charge in [-0.1, -0.05) is 36.4 Å². The summed E-state index contributed by atoms with van der Waals surface area (Å²) < 4.78 is 4.08. The van der Waals surface area contributed by atoms with Crippen LogP contribution in [0.5, 0.6) is 0 Å². The number of aromatic nitrogens is 3. The Bertz CT molecular complexity index is 1270. The van der Waals surface area contributed by atoms with Crippen LogP contribution in [0.25, 0.3) is 17.6 Å². The van der Waals surface area contributed by atoms with Crippen molar-refractivity contribution in [2.75, 3.05) is 0 Å². The van der Waals surface area contributed by atoms with Crippen molar-refractivity contribution in [3.05, 3.63) is 107 Å². The van der Waals surface area contributed by atoms with Crippen molar-refractivity contribution in [3.63, 3.8) is 0 Å². The molecule has 0 unspecified atom stereocenters. The van der Waals surface area contributed by atoms with Crippen LogP contribution in [-0.2, 0) is 17.9 Å². The molecule has 5 nitrogen and oxygen atoms in total. The Hall–Kier alpha value is -3.86. The van der Waals surface area contributed by atoms with E-state index in [2.05, 4.69) is 36.6 Å². The van der Waals surface area contributed by atoms with Gasteiger partial charge in [0.15, 0.2) is 0 Å². The van der Waals surface area contributed by atoms with Crippen LogP contribution in [0.4, 0.5) is 0 Å². The summed E-state index contributed by atoms with van der Waals surface area (Å²) in [7, 11) is 0. The molecule has 0 spiro atoms. The zero-order valence-electron chi connectivity index (χ0n) is 17.7. The fraction of sp³-hybridized carbons (Fsp3) is 0.154. The highest BCUT2D eigenvalue weighted by atomic mass is 16.2. The number of carbonyl (C=O) groups is 1. The lowest BCUT2D eigenvalue weighted by atomic mass is 10.1. The van der Waals surface area contributed by atoms with Crippen LogP contribution < -0.4 is 0 Å². The highest BCUT2D eigenvalue weighted by Crippen LogP contribution is 2.31. The second-order valence-electron chi connectivity index (χ2n) is 7.96. The van der Waals surface area contributed by atoms with Crippen molar-refractivity contribution >= 4 is 12.0 Å². The zero-order valence-corrected chi connectivity index (χ0v) is 17.7. The summed E-state index contributed by atoms with van der Waals surface area (Å²) in [5, 5.41) is 4.92. The summed E-state index contributed by atoms with van der Waals surface area (Å²) in [5.74, 6) is 0.989. The minimum Gasteiger partial charge on any atom is -0.329 e. The van der Waals surface area contributed by atoms with Crippen molar-refractivity contribution in [3.8, 4) is 11.5 Å². The maximum atomic E-state index is 12.8. The molecule has 1 amide bonds. The van der Waals surface area contributed by atoms with Crippen LogP contribution in [0.15, 0.2) is 79.1 Å². The normalized spacial score (nSPS) is 13.2. The van der Waals surface area contributed by atoms with E-state index in [1.165, 1.54) is 11.1 Å². The van der Waals surface area contributed by atoms with Gasteiger partial charge in [0.1, 0.15) is 5.82 Å². The first-order chi connectivity index (χ1) is 15.1. The summed E-state index contributed by atoms with van der Waals surface area (Å²) in [4.78, 5) is 14.7. The van der Waals surface area contributed by atoms with Crippen LogP contribution in [-0.4, -0.2) is 25.2 Å². The molecule has 2 aromatic carbocycles. The van der Waals surface area contributed by atoms with E-state index in [1.807, 2.05) is 70.5 Å². The second-order valence-corrected chi connectivity index (χ2v) is 7.96. The molecule has 3 heterocycles. The third-order valence-corrected chi connectivity index (χ3v) is 5.84. The Labute approximate surface area is 181 Å². The molecule has 1 aliphatic rings. The molecule has 0 N–H and O–H groups in total. The quantitative estimate of drug-likeness (QED) is 0.454. The van der Waals surface area contributed by atoms with Crippen LogP contribution in [0.1, 0.15) is 27.9 Å². The summed E-state index contributed by atoms with van der Waals surface area (Å²) in [6.45, 7) is 5.29. The standard InChI is InChI=1S/C26H24N4O/c1-19-10-12-22(16-20(19)2)30-26(28-14-6-7-15-28)23-17-29(18-24(23)27-30)25(31)13-11-21-8-4-3-5-9-21/h3-16H,17-18H2,1-2H3.